The molecule has 0 amide bonds. The van der Waals surface area contributed by atoms with Gasteiger partial charge >= 0.3 is 0 Å². The molecule has 21 heavy (non-hydrogen) atoms. The Kier molecular flexibility index (Phi) is 4.32. The molecule has 2 aromatic carbocycles. The zero-order valence-corrected chi connectivity index (χ0v) is 12.2. The van der Waals surface area contributed by atoms with E-state index in [1.807, 2.05) is 25.1 Å². The van der Waals surface area contributed by atoms with E-state index in [2.05, 4.69) is 17.4 Å². The molecule has 110 valence electrons. The highest BCUT2D eigenvalue weighted by molar-refractivity contribution is 5.70. The van der Waals surface area contributed by atoms with Crippen LogP contribution in [0, 0.1) is 12.7 Å². The Morgan fingerprint density at radius 3 is 2.81 bits per heavy atom. The molecule has 0 bridgehead atoms. The van der Waals surface area contributed by atoms with Crippen molar-refractivity contribution in [2.75, 3.05) is 13.1 Å². The number of hydrogen-bond donors (Lipinski definition) is 1. The molecular formula is C18H20FNO. The van der Waals surface area contributed by atoms with Crippen molar-refractivity contribution >= 4 is 0 Å². The van der Waals surface area contributed by atoms with E-state index in [1.165, 1.54) is 6.07 Å². The van der Waals surface area contributed by atoms with Crippen LogP contribution >= 0.6 is 0 Å². The number of nitrogens with one attached hydrogen (secondary N) is 1. The first kappa shape index (κ1) is 14.2. The molecule has 2 aromatic rings. The van der Waals surface area contributed by atoms with Gasteiger partial charge in [0, 0.05) is 6.54 Å². The highest BCUT2D eigenvalue weighted by atomic mass is 19.1. The van der Waals surface area contributed by atoms with E-state index >= 15 is 0 Å². The Morgan fingerprint density at radius 2 is 2.05 bits per heavy atom. The average molecular weight is 285 g/mol. The second-order valence-electron chi connectivity index (χ2n) is 5.54. The molecule has 1 atom stereocenters. The number of rotatable bonds is 4. The van der Waals surface area contributed by atoms with E-state index in [4.69, 9.17) is 4.74 Å². The Balaban J connectivity index is 1.84. The van der Waals surface area contributed by atoms with Crippen LogP contribution in [0.25, 0.3) is 11.1 Å². The summed E-state index contributed by atoms with van der Waals surface area (Å²) in [4.78, 5) is 0. The highest BCUT2D eigenvalue weighted by Gasteiger charge is 2.16. The molecule has 1 saturated heterocycles. The Hall–Kier alpha value is -1.71. The second kappa shape index (κ2) is 6.37. The number of halogens is 1. The maximum atomic E-state index is 13.3. The highest BCUT2D eigenvalue weighted by Crippen LogP contribution is 2.28. The van der Waals surface area contributed by atoms with Crippen molar-refractivity contribution in [3.8, 4) is 11.1 Å². The van der Waals surface area contributed by atoms with Gasteiger partial charge in [-0.05, 0) is 54.3 Å². The smallest absolute Gasteiger partial charge is 0.123 e. The molecule has 3 rings (SSSR count). The van der Waals surface area contributed by atoms with Crippen LogP contribution in [0.15, 0.2) is 42.5 Å². The average Bonchev–Trinajstić information content (AvgIpc) is 2.99. The number of aryl methyl sites for hydroxylation is 1. The quantitative estimate of drug-likeness (QED) is 0.925. The van der Waals surface area contributed by atoms with Gasteiger partial charge in [-0.25, -0.2) is 4.39 Å². The molecule has 1 aliphatic heterocycles. The Bertz CT molecular complexity index is 620. The first-order valence-corrected chi connectivity index (χ1v) is 7.41. The minimum Gasteiger partial charge on any atom is -0.372 e. The largest absolute Gasteiger partial charge is 0.372 e. The normalized spacial score (nSPS) is 18.1. The fourth-order valence-electron chi connectivity index (χ4n) is 2.82. The molecule has 2 nitrogen and oxygen atoms in total. The summed E-state index contributed by atoms with van der Waals surface area (Å²) >= 11 is 0. The van der Waals surface area contributed by atoms with E-state index < -0.39 is 0 Å². The molecule has 0 saturated carbocycles. The van der Waals surface area contributed by atoms with Crippen LogP contribution in [0.3, 0.4) is 0 Å². The van der Waals surface area contributed by atoms with Crippen molar-refractivity contribution in [1.82, 2.24) is 5.32 Å². The molecule has 0 radical (unpaired) electrons. The van der Waals surface area contributed by atoms with Gasteiger partial charge in [0.05, 0.1) is 12.7 Å². The Labute approximate surface area is 125 Å². The van der Waals surface area contributed by atoms with E-state index in [0.717, 1.165) is 41.8 Å². The number of benzene rings is 2. The van der Waals surface area contributed by atoms with Crippen LogP contribution in [-0.2, 0) is 11.3 Å². The summed E-state index contributed by atoms with van der Waals surface area (Å²) in [5.74, 6) is -0.193. The second-order valence-corrected chi connectivity index (χ2v) is 5.54. The minimum absolute atomic E-state index is 0.193. The fourth-order valence-corrected chi connectivity index (χ4v) is 2.82. The third-order valence-corrected chi connectivity index (χ3v) is 3.99. The molecule has 1 heterocycles. The summed E-state index contributed by atoms with van der Waals surface area (Å²) in [7, 11) is 0. The molecular weight excluding hydrogens is 265 g/mol. The van der Waals surface area contributed by atoms with E-state index in [1.54, 1.807) is 6.07 Å². The topological polar surface area (TPSA) is 21.3 Å². The van der Waals surface area contributed by atoms with E-state index in [9.17, 15) is 4.39 Å². The molecule has 0 spiro atoms. The Morgan fingerprint density at radius 1 is 1.19 bits per heavy atom. The first-order valence-electron chi connectivity index (χ1n) is 7.41. The molecule has 0 aromatic heterocycles. The van der Waals surface area contributed by atoms with Crippen LogP contribution in [-0.4, -0.2) is 19.2 Å². The lowest BCUT2D eigenvalue weighted by molar-refractivity contribution is 0.0545. The lowest BCUT2D eigenvalue weighted by atomic mass is 9.96. The third-order valence-electron chi connectivity index (χ3n) is 3.99. The summed E-state index contributed by atoms with van der Waals surface area (Å²) in [5.41, 5.74) is 4.30. The van der Waals surface area contributed by atoms with Gasteiger partial charge in [0.25, 0.3) is 0 Å². The molecule has 1 unspecified atom stereocenters. The van der Waals surface area contributed by atoms with Crippen molar-refractivity contribution in [3.63, 3.8) is 0 Å². The van der Waals surface area contributed by atoms with Crippen molar-refractivity contribution < 1.29 is 9.13 Å². The van der Waals surface area contributed by atoms with Crippen LogP contribution in [0.2, 0.25) is 0 Å². The van der Waals surface area contributed by atoms with Gasteiger partial charge in [-0.1, -0.05) is 30.3 Å². The van der Waals surface area contributed by atoms with Crippen LogP contribution in [0.1, 0.15) is 17.5 Å². The van der Waals surface area contributed by atoms with Crippen molar-refractivity contribution in [3.05, 3.63) is 59.4 Å². The van der Waals surface area contributed by atoms with Gasteiger partial charge in [0.2, 0.25) is 0 Å². The maximum absolute atomic E-state index is 13.3. The van der Waals surface area contributed by atoms with Gasteiger partial charge < -0.3 is 10.1 Å². The molecule has 0 aliphatic carbocycles. The lowest BCUT2D eigenvalue weighted by Crippen LogP contribution is -2.16. The van der Waals surface area contributed by atoms with Crippen LogP contribution in [0.5, 0.6) is 0 Å². The van der Waals surface area contributed by atoms with E-state index in [-0.39, 0.29) is 5.82 Å². The summed E-state index contributed by atoms with van der Waals surface area (Å²) < 4.78 is 19.3. The molecule has 1 N–H and O–H groups in total. The van der Waals surface area contributed by atoms with Crippen LogP contribution < -0.4 is 5.32 Å². The summed E-state index contributed by atoms with van der Waals surface area (Å²) in [6.45, 7) is 4.50. The minimum atomic E-state index is -0.193. The van der Waals surface area contributed by atoms with Gasteiger partial charge in [-0.15, -0.1) is 0 Å². The predicted octanol–water partition coefficient (Wildman–Crippen LogP) is 3.68. The first-order chi connectivity index (χ1) is 10.2. The van der Waals surface area contributed by atoms with Crippen molar-refractivity contribution in [2.24, 2.45) is 0 Å². The molecule has 1 aliphatic rings. The molecule has 3 heteroatoms. The summed E-state index contributed by atoms with van der Waals surface area (Å²) in [6, 6.07) is 13.1. The third kappa shape index (κ3) is 3.31. The summed E-state index contributed by atoms with van der Waals surface area (Å²) in [6.07, 6.45) is 1.37. The lowest BCUT2D eigenvalue weighted by Gasteiger charge is -2.15. The van der Waals surface area contributed by atoms with Gasteiger partial charge in [0.15, 0.2) is 0 Å². The van der Waals surface area contributed by atoms with Gasteiger partial charge in [0.1, 0.15) is 5.82 Å². The van der Waals surface area contributed by atoms with Crippen molar-refractivity contribution in [1.29, 1.82) is 0 Å². The van der Waals surface area contributed by atoms with Gasteiger partial charge in [-0.2, -0.15) is 0 Å². The SMILES string of the molecule is Cc1cc(F)ccc1-c1ccccc1COC1CCNC1. The van der Waals surface area contributed by atoms with Crippen LogP contribution in [0.4, 0.5) is 4.39 Å². The maximum Gasteiger partial charge on any atom is 0.123 e. The zero-order chi connectivity index (χ0) is 14.7. The molecule has 1 fully saturated rings. The van der Waals surface area contributed by atoms with Crippen molar-refractivity contribution in [2.45, 2.75) is 26.1 Å². The zero-order valence-electron chi connectivity index (χ0n) is 12.2. The van der Waals surface area contributed by atoms with E-state index in [0.29, 0.717) is 12.7 Å². The standard InChI is InChI=1S/C18H20FNO/c1-13-10-15(19)6-7-17(13)18-5-3-2-4-14(18)12-21-16-8-9-20-11-16/h2-7,10,16,20H,8-9,11-12H2,1H3. The summed E-state index contributed by atoms with van der Waals surface area (Å²) in [5, 5.41) is 3.30. The number of hydrogen-bond acceptors (Lipinski definition) is 2. The monoisotopic (exact) mass is 285 g/mol. The number of ether oxygens (including phenoxy) is 1. The fraction of sp³-hybridized carbons (Fsp3) is 0.333. The predicted molar refractivity (Wildman–Crippen MR) is 82.6 cm³/mol. The van der Waals surface area contributed by atoms with Gasteiger partial charge in [-0.3, -0.25) is 0 Å².